The van der Waals surface area contributed by atoms with Gasteiger partial charge in [0.2, 0.25) is 0 Å². The molecule has 0 aliphatic heterocycles. The second kappa shape index (κ2) is 8.49. The highest BCUT2D eigenvalue weighted by Crippen LogP contribution is 2.14. The van der Waals surface area contributed by atoms with E-state index in [2.05, 4.69) is 15.2 Å². The van der Waals surface area contributed by atoms with E-state index in [1.165, 1.54) is 12.1 Å². The number of carbonyl (C=O) groups is 1. The van der Waals surface area contributed by atoms with Gasteiger partial charge in [-0.15, -0.1) is 0 Å². The van der Waals surface area contributed by atoms with Crippen LogP contribution >= 0.6 is 0 Å². The van der Waals surface area contributed by atoms with Crippen molar-refractivity contribution in [1.29, 1.82) is 0 Å². The van der Waals surface area contributed by atoms with Crippen LogP contribution in [0, 0.1) is 0 Å². The molecule has 0 fully saturated rings. The quantitative estimate of drug-likeness (QED) is 0.495. The molecule has 0 bridgehead atoms. The van der Waals surface area contributed by atoms with E-state index in [-0.39, 0.29) is 10.8 Å². The van der Waals surface area contributed by atoms with Crippen molar-refractivity contribution in [3.05, 3.63) is 96.1 Å². The first-order valence-corrected chi connectivity index (χ1v) is 10.0. The molecule has 1 amide bonds. The van der Waals surface area contributed by atoms with Crippen LogP contribution in [0.4, 0.5) is 5.69 Å². The molecule has 28 heavy (non-hydrogen) atoms. The number of sulfonamides is 1. The first kappa shape index (κ1) is 19.3. The Bertz CT molecular complexity index is 1100. The van der Waals surface area contributed by atoms with E-state index < -0.39 is 10.0 Å². The molecule has 0 radical (unpaired) electrons. The summed E-state index contributed by atoms with van der Waals surface area (Å²) < 4.78 is 24.5. The summed E-state index contributed by atoms with van der Waals surface area (Å²) in [5.74, 6) is -0.225. The highest BCUT2D eigenvalue weighted by atomic mass is 32.2. The van der Waals surface area contributed by atoms with Gasteiger partial charge in [0.1, 0.15) is 0 Å². The number of rotatable bonds is 6. The maximum absolute atomic E-state index is 12.3. The topological polar surface area (TPSA) is 87.6 Å². The zero-order valence-electron chi connectivity index (χ0n) is 15.2. The second-order valence-corrected chi connectivity index (χ2v) is 7.67. The monoisotopic (exact) mass is 393 g/mol. The fourth-order valence-electron chi connectivity index (χ4n) is 2.46. The van der Waals surface area contributed by atoms with Gasteiger partial charge < -0.3 is 5.32 Å². The summed E-state index contributed by atoms with van der Waals surface area (Å²) in [6.45, 7) is 1.69. The third kappa shape index (κ3) is 4.83. The van der Waals surface area contributed by atoms with E-state index >= 15 is 0 Å². The zero-order chi connectivity index (χ0) is 20.0. The van der Waals surface area contributed by atoms with E-state index in [1.807, 2.05) is 6.07 Å². The minimum atomic E-state index is -3.74. The maximum atomic E-state index is 12.3. The number of hydrogen-bond donors (Lipinski definition) is 2. The van der Waals surface area contributed by atoms with E-state index in [1.54, 1.807) is 73.7 Å². The summed E-state index contributed by atoms with van der Waals surface area (Å²) >= 11 is 0. The molecule has 0 spiro atoms. The van der Waals surface area contributed by atoms with Gasteiger partial charge in [-0.2, -0.15) is 18.4 Å². The number of hydrogen-bond acceptors (Lipinski definition) is 4. The maximum Gasteiger partial charge on any atom is 0.276 e. The molecule has 3 rings (SSSR count). The Balaban J connectivity index is 1.74. The molecule has 0 saturated heterocycles. The SMILES string of the molecule is CC(=NNS(=O)(=O)c1ccccc1)c1cccc(NC(=O)c2ccccc2)c1. The highest BCUT2D eigenvalue weighted by molar-refractivity contribution is 7.89. The molecule has 0 saturated carbocycles. The Morgan fingerprint density at radius 1 is 0.821 bits per heavy atom. The van der Waals surface area contributed by atoms with Crippen LogP contribution in [0.5, 0.6) is 0 Å². The Morgan fingerprint density at radius 3 is 2.11 bits per heavy atom. The fraction of sp³-hybridized carbons (Fsp3) is 0.0476. The minimum absolute atomic E-state index is 0.135. The van der Waals surface area contributed by atoms with Crippen molar-refractivity contribution in [2.24, 2.45) is 5.10 Å². The standard InChI is InChI=1S/C21H19N3O3S/c1-16(23-24-28(26,27)20-13-6-3-7-14-20)18-11-8-12-19(15-18)22-21(25)17-9-4-2-5-10-17/h2-15,24H,1H3,(H,22,25). The highest BCUT2D eigenvalue weighted by Gasteiger charge is 2.12. The molecule has 7 heteroatoms. The molecule has 142 valence electrons. The summed E-state index contributed by atoms with van der Waals surface area (Å²) in [4.78, 5) is 14.6. The summed E-state index contributed by atoms with van der Waals surface area (Å²) in [5, 5.41) is 6.81. The molecule has 0 aromatic heterocycles. The van der Waals surface area contributed by atoms with Crippen LogP contribution in [0.2, 0.25) is 0 Å². The van der Waals surface area contributed by atoms with Gasteiger partial charge >= 0.3 is 0 Å². The third-order valence-electron chi connectivity index (χ3n) is 3.96. The van der Waals surface area contributed by atoms with E-state index in [0.717, 1.165) is 0 Å². The van der Waals surface area contributed by atoms with Crippen molar-refractivity contribution < 1.29 is 13.2 Å². The van der Waals surface area contributed by atoms with Crippen molar-refractivity contribution in [2.75, 3.05) is 5.32 Å². The third-order valence-corrected chi connectivity index (χ3v) is 5.19. The Hall–Kier alpha value is -3.45. The van der Waals surface area contributed by atoms with Gasteiger partial charge in [0, 0.05) is 11.3 Å². The predicted octanol–water partition coefficient (Wildman–Crippen LogP) is 3.64. The lowest BCUT2D eigenvalue weighted by Gasteiger charge is -2.08. The average molecular weight is 393 g/mol. The van der Waals surface area contributed by atoms with Crippen LogP contribution in [0.15, 0.2) is 94.9 Å². The van der Waals surface area contributed by atoms with Gasteiger partial charge in [-0.1, -0.05) is 48.5 Å². The number of benzene rings is 3. The zero-order valence-corrected chi connectivity index (χ0v) is 16.0. The lowest BCUT2D eigenvalue weighted by Crippen LogP contribution is -2.20. The van der Waals surface area contributed by atoms with Crippen LogP contribution in [-0.4, -0.2) is 20.0 Å². The second-order valence-electron chi connectivity index (χ2n) is 6.01. The van der Waals surface area contributed by atoms with Crippen molar-refractivity contribution in [3.8, 4) is 0 Å². The molecule has 0 atom stereocenters. The number of hydrazone groups is 1. The van der Waals surface area contributed by atoms with Crippen LogP contribution in [-0.2, 0) is 10.0 Å². The van der Waals surface area contributed by atoms with Crippen LogP contribution in [0.1, 0.15) is 22.8 Å². The summed E-state index contributed by atoms with van der Waals surface area (Å²) in [6, 6.07) is 23.9. The van der Waals surface area contributed by atoms with Gasteiger partial charge in [0.25, 0.3) is 15.9 Å². The summed E-state index contributed by atoms with van der Waals surface area (Å²) in [5.41, 5.74) is 2.29. The largest absolute Gasteiger partial charge is 0.322 e. The molecule has 0 unspecified atom stereocenters. The number of nitrogens with one attached hydrogen (secondary N) is 2. The van der Waals surface area contributed by atoms with Gasteiger partial charge in [-0.05, 0) is 48.9 Å². The molecule has 2 N–H and O–H groups in total. The number of anilines is 1. The molecule has 3 aromatic rings. The normalized spacial score (nSPS) is 11.7. The Morgan fingerprint density at radius 2 is 1.43 bits per heavy atom. The first-order valence-electron chi connectivity index (χ1n) is 8.54. The summed E-state index contributed by atoms with van der Waals surface area (Å²) in [6.07, 6.45) is 0. The van der Waals surface area contributed by atoms with Crippen LogP contribution in [0.25, 0.3) is 0 Å². The van der Waals surface area contributed by atoms with Crippen molar-refractivity contribution >= 4 is 27.3 Å². The van der Waals surface area contributed by atoms with Gasteiger partial charge in [0.05, 0.1) is 10.6 Å². The predicted molar refractivity (Wildman–Crippen MR) is 110 cm³/mol. The molecule has 6 nitrogen and oxygen atoms in total. The van der Waals surface area contributed by atoms with E-state index in [0.29, 0.717) is 22.5 Å². The van der Waals surface area contributed by atoms with Gasteiger partial charge in [-0.3, -0.25) is 4.79 Å². The minimum Gasteiger partial charge on any atom is -0.322 e. The van der Waals surface area contributed by atoms with Gasteiger partial charge in [-0.25, -0.2) is 0 Å². The van der Waals surface area contributed by atoms with E-state index in [9.17, 15) is 13.2 Å². The lowest BCUT2D eigenvalue weighted by atomic mass is 10.1. The first-order chi connectivity index (χ1) is 13.5. The summed E-state index contributed by atoms with van der Waals surface area (Å²) in [7, 11) is -3.74. The number of amides is 1. The number of nitrogens with zero attached hydrogens (tertiary/aromatic N) is 1. The fourth-order valence-corrected chi connectivity index (χ4v) is 3.34. The molecule has 0 heterocycles. The molecule has 0 aliphatic rings. The van der Waals surface area contributed by atoms with E-state index in [4.69, 9.17) is 0 Å². The van der Waals surface area contributed by atoms with Crippen LogP contribution in [0.3, 0.4) is 0 Å². The number of carbonyl (C=O) groups excluding carboxylic acids is 1. The van der Waals surface area contributed by atoms with Crippen molar-refractivity contribution in [3.63, 3.8) is 0 Å². The van der Waals surface area contributed by atoms with Crippen molar-refractivity contribution in [2.45, 2.75) is 11.8 Å². The Labute approximate surface area is 164 Å². The average Bonchev–Trinajstić information content (AvgIpc) is 2.73. The molecular formula is C21H19N3O3S. The lowest BCUT2D eigenvalue weighted by molar-refractivity contribution is 0.102. The molecular weight excluding hydrogens is 374 g/mol. The molecule has 3 aromatic carbocycles. The van der Waals surface area contributed by atoms with Crippen LogP contribution < -0.4 is 10.1 Å². The van der Waals surface area contributed by atoms with Gasteiger partial charge in [0.15, 0.2) is 0 Å². The van der Waals surface area contributed by atoms with Crippen molar-refractivity contribution in [1.82, 2.24) is 4.83 Å². The Kier molecular flexibility index (Phi) is 5.86. The smallest absolute Gasteiger partial charge is 0.276 e. The molecule has 0 aliphatic carbocycles.